The van der Waals surface area contributed by atoms with Crippen LogP contribution in [0.2, 0.25) is 0 Å². The van der Waals surface area contributed by atoms with E-state index < -0.39 is 0 Å². The molecule has 1 N–H and O–H groups in total. The summed E-state index contributed by atoms with van der Waals surface area (Å²) in [7, 11) is 0. The van der Waals surface area contributed by atoms with E-state index in [2.05, 4.69) is 26.2 Å². The maximum atomic E-state index is 12.3. The Labute approximate surface area is 183 Å². The molecule has 0 unspecified atom stereocenters. The molecule has 0 aliphatic carbocycles. The standard InChI is InChI=1S/C25H19BrN2O2/c1-17-15-22(28-24(29)12-7-18-5-8-21(26)9-6-18)10-11-23(17)19-3-2-4-20(16-19)25-27-13-14-30-25/h2-16H,1H3,(H,28,29)/b12-7+. The fourth-order valence-electron chi connectivity index (χ4n) is 3.18. The zero-order valence-electron chi connectivity index (χ0n) is 16.3. The van der Waals surface area contributed by atoms with Gasteiger partial charge in [0.15, 0.2) is 0 Å². The van der Waals surface area contributed by atoms with Crippen LogP contribution >= 0.6 is 15.9 Å². The number of hydrogen-bond acceptors (Lipinski definition) is 3. The number of aromatic nitrogens is 1. The lowest BCUT2D eigenvalue weighted by molar-refractivity contribution is -0.111. The minimum atomic E-state index is -0.170. The molecule has 0 saturated carbocycles. The van der Waals surface area contributed by atoms with E-state index in [1.807, 2.05) is 73.7 Å². The Kier molecular flexibility index (Phi) is 5.91. The van der Waals surface area contributed by atoms with Crippen molar-refractivity contribution in [2.24, 2.45) is 0 Å². The lowest BCUT2D eigenvalue weighted by Gasteiger charge is -2.10. The largest absolute Gasteiger partial charge is 0.445 e. The summed E-state index contributed by atoms with van der Waals surface area (Å²) >= 11 is 3.40. The lowest BCUT2D eigenvalue weighted by Crippen LogP contribution is -2.07. The van der Waals surface area contributed by atoms with Crippen LogP contribution in [-0.4, -0.2) is 10.9 Å². The molecule has 148 valence electrons. The van der Waals surface area contributed by atoms with Gasteiger partial charge < -0.3 is 9.73 Å². The summed E-state index contributed by atoms with van der Waals surface area (Å²) in [6, 6.07) is 21.7. The normalized spacial score (nSPS) is 11.0. The Hall–Kier alpha value is -3.44. The Bertz CT molecular complexity index is 1200. The van der Waals surface area contributed by atoms with Crippen molar-refractivity contribution in [1.29, 1.82) is 0 Å². The summed E-state index contributed by atoms with van der Waals surface area (Å²) in [6.45, 7) is 2.03. The highest BCUT2D eigenvalue weighted by atomic mass is 79.9. The van der Waals surface area contributed by atoms with Crippen molar-refractivity contribution in [1.82, 2.24) is 4.98 Å². The minimum Gasteiger partial charge on any atom is -0.445 e. The van der Waals surface area contributed by atoms with Crippen molar-refractivity contribution in [2.45, 2.75) is 6.92 Å². The first-order valence-electron chi connectivity index (χ1n) is 9.44. The van der Waals surface area contributed by atoms with Crippen LogP contribution in [0, 0.1) is 6.92 Å². The molecule has 1 aromatic heterocycles. The van der Waals surface area contributed by atoms with Crippen molar-refractivity contribution in [3.63, 3.8) is 0 Å². The van der Waals surface area contributed by atoms with Gasteiger partial charge in [-0.05, 0) is 71.7 Å². The maximum Gasteiger partial charge on any atom is 0.248 e. The molecule has 30 heavy (non-hydrogen) atoms. The molecule has 5 heteroatoms. The highest BCUT2D eigenvalue weighted by molar-refractivity contribution is 9.10. The number of carbonyl (C=O) groups excluding carboxylic acids is 1. The first-order chi connectivity index (χ1) is 14.6. The molecule has 4 rings (SSSR count). The lowest BCUT2D eigenvalue weighted by atomic mass is 9.98. The van der Waals surface area contributed by atoms with Crippen LogP contribution in [0.1, 0.15) is 11.1 Å². The van der Waals surface area contributed by atoms with Gasteiger partial charge in [0, 0.05) is 21.8 Å². The van der Waals surface area contributed by atoms with Crippen LogP contribution in [-0.2, 0) is 4.79 Å². The van der Waals surface area contributed by atoms with Crippen molar-refractivity contribution >= 4 is 33.6 Å². The topological polar surface area (TPSA) is 55.1 Å². The zero-order chi connectivity index (χ0) is 20.9. The van der Waals surface area contributed by atoms with Crippen LogP contribution in [0.5, 0.6) is 0 Å². The molecule has 0 aliphatic rings. The van der Waals surface area contributed by atoms with Crippen molar-refractivity contribution in [2.75, 3.05) is 5.32 Å². The van der Waals surface area contributed by atoms with Crippen molar-refractivity contribution in [3.05, 3.63) is 101 Å². The number of rotatable bonds is 5. The molecular formula is C25H19BrN2O2. The highest BCUT2D eigenvalue weighted by Gasteiger charge is 2.08. The first-order valence-corrected chi connectivity index (χ1v) is 10.2. The van der Waals surface area contributed by atoms with Gasteiger partial charge in [0.05, 0.1) is 6.20 Å². The van der Waals surface area contributed by atoms with Gasteiger partial charge in [0.25, 0.3) is 0 Å². The Morgan fingerprint density at radius 1 is 1.03 bits per heavy atom. The molecule has 1 heterocycles. The second kappa shape index (κ2) is 8.93. The minimum absolute atomic E-state index is 0.170. The van der Waals surface area contributed by atoms with Crippen LogP contribution in [0.4, 0.5) is 5.69 Å². The van der Waals surface area contributed by atoms with E-state index in [0.29, 0.717) is 5.89 Å². The average Bonchev–Trinajstić information content (AvgIpc) is 3.29. The van der Waals surface area contributed by atoms with Crippen molar-refractivity contribution < 1.29 is 9.21 Å². The Morgan fingerprint density at radius 2 is 1.83 bits per heavy atom. The summed E-state index contributed by atoms with van der Waals surface area (Å²) in [5.41, 5.74) is 5.86. The van der Waals surface area contributed by atoms with Crippen LogP contribution < -0.4 is 5.32 Å². The fourth-order valence-corrected chi connectivity index (χ4v) is 3.45. The number of nitrogens with one attached hydrogen (secondary N) is 1. The van der Waals surface area contributed by atoms with E-state index in [0.717, 1.165) is 38.0 Å². The quantitative estimate of drug-likeness (QED) is 0.337. The van der Waals surface area contributed by atoms with Gasteiger partial charge in [-0.25, -0.2) is 4.98 Å². The fraction of sp³-hybridized carbons (Fsp3) is 0.0400. The van der Waals surface area contributed by atoms with Gasteiger partial charge >= 0.3 is 0 Å². The molecule has 1 amide bonds. The Balaban J connectivity index is 1.49. The van der Waals surface area contributed by atoms with Gasteiger partial charge in [-0.1, -0.05) is 46.3 Å². The van der Waals surface area contributed by atoms with E-state index in [1.165, 1.54) is 6.08 Å². The maximum absolute atomic E-state index is 12.3. The summed E-state index contributed by atoms with van der Waals surface area (Å²) in [6.07, 6.45) is 6.52. The monoisotopic (exact) mass is 458 g/mol. The number of carbonyl (C=O) groups is 1. The highest BCUT2D eigenvalue weighted by Crippen LogP contribution is 2.29. The third-order valence-electron chi connectivity index (χ3n) is 4.64. The van der Waals surface area contributed by atoms with E-state index in [-0.39, 0.29) is 5.91 Å². The van der Waals surface area contributed by atoms with Crippen molar-refractivity contribution in [3.8, 4) is 22.6 Å². The summed E-state index contributed by atoms with van der Waals surface area (Å²) in [5, 5.41) is 2.92. The SMILES string of the molecule is Cc1cc(NC(=O)/C=C/c2ccc(Br)cc2)ccc1-c1cccc(-c2ncco2)c1. The molecule has 0 bridgehead atoms. The molecule has 0 fully saturated rings. The Morgan fingerprint density at radius 3 is 2.57 bits per heavy atom. The van der Waals surface area contributed by atoms with Gasteiger partial charge in [-0.15, -0.1) is 0 Å². The molecule has 0 atom stereocenters. The number of nitrogens with zero attached hydrogens (tertiary/aromatic N) is 1. The molecule has 0 radical (unpaired) electrons. The third kappa shape index (κ3) is 4.75. The van der Waals surface area contributed by atoms with Crippen LogP contribution in [0.15, 0.2) is 94.2 Å². The smallest absolute Gasteiger partial charge is 0.248 e. The van der Waals surface area contributed by atoms with Gasteiger partial charge in [0.2, 0.25) is 11.8 Å². The first kappa shape index (κ1) is 19.9. The van der Waals surface area contributed by atoms with Gasteiger partial charge in [-0.3, -0.25) is 4.79 Å². The molecular weight excluding hydrogens is 440 g/mol. The van der Waals surface area contributed by atoms with Gasteiger partial charge in [0.1, 0.15) is 6.26 Å². The third-order valence-corrected chi connectivity index (χ3v) is 5.17. The number of benzene rings is 3. The summed E-state index contributed by atoms with van der Waals surface area (Å²) in [4.78, 5) is 16.5. The molecule has 4 nitrogen and oxygen atoms in total. The molecule has 4 aromatic rings. The number of oxazole rings is 1. The van der Waals surface area contributed by atoms with E-state index in [9.17, 15) is 4.79 Å². The second-order valence-corrected chi connectivity index (χ2v) is 7.74. The number of amides is 1. The predicted octanol–water partition coefficient (Wildman–Crippen LogP) is 6.73. The van der Waals surface area contributed by atoms with E-state index in [4.69, 9.17) is 4.42 Å². The number of halogens is 1. The predicted molar refractivity (Wildman–Crippen MR) is 124 cm³/mol. The van der Waals surface area contributed by atoms with Crippen LogP contribution in [0.25, 0.3) is 28.7 Å². The summed E-state index contributed by atoms with van der Waals surface area (Å²) < 4.78 is 6.40. The van der Waals surface area contributed by atoms with Gasteiger partial charge in [-0.2, -0.15) is 0 Å². The second-order valence-electron chi connectivity index (χ2n) is 6.82. The number of hydrogen-bond donors (Lipinski definition) is 1. The molecule has 3 aromatic carbocycles. The molecule has 0 saturated heterocycles. The number of anilines is 1. The number of aryl methyl sites for hydroxylation is 1. The molecule has 0 spiro atoms. The van der Waals surface area contributed by atoms with Crippen LogP contribution in [0.3, 0.4) is 0 Å². The van der Waals surface area contributed by atoms with E-state index in [1.54, 1.807) is 18.5 Å². The van der Waals surface area contributed by atoms with E-state index >= 15 is 0 Å². The summed E-state index contributed by atoms with van der Waals surface area (Å²) in [5.74, 6) is 0.423. The zero-order valence-corrected chi connectivity index (χ0v) is 17.9. The average molecular weight is 459 g/mol. The molecule has 0 aliphatic heterocycles.